The van der Waals surface area contributed by atoms with Gasteiger partial charge in [-0.3, -0.25) is 14.7 Å². The van der Waals surface area contributed by atoms with Gasteiger partial charge >= 0.3 is 0 Å². The van der Waals surface area contributed by atoms with Crippen molar-refractivity contribution in [3.63, 3.8) is 0 Å². The molecule has 0 bridgehead atoms. The van der Waals surface area contributed by atoms with E-state index in [1.807, 2.05) is 17.0 Å². The third-order valence-electron chi connectivity index (χ3n) is 5.06. The molecule has 132 valence electrons. The van der Waals surface area contributed by atoms with Crippen LogP contribution in [-0.2, 0) is 17.8 Å². The molecule has 0 saturated carbocycles. The second-order valence-corrected chi connectivity index (χ2v) is 6.83. The summed E-state index contributed by atoms with van der Waals surface area (Å²) in [5, 5.41) is 0. The van der Waals surface area contributed by atoms with Gasteiger partial charge in [0, 0.05) is 51.0 Å². The van der Waals surface area contributed by atoms with Crippen LogP contribution in [0.4, 0.5) is 0 Å². The average Bonchev–Trinajstić information content (AvgIpc) is 2.84. The molecule has 0 spiro atoms. The molecule has 2 heterocycles. The second kappa shape index (κ2) is 8.77. The highest BCUT2D eigenvalue weighted by Crippen LogP contribution is 2.15. The maximum absolute atomic E-state index is 12.4. The van der Waals surface area contributed by atoms with E-state index in [0.29, 0.717) is 19.0 Å². The highest BCUT2D eigenvalue weighted by Gasteiger charge is 2.23. The Bertz CT molecular complexity index is 659. The number of nitrogens with zero attached hydrogens (tertiary/aromatic N) is 3. The fourth-order valence-electron chi connectivity index (χ4n) is 3.40. The van der Waals surface area contributed by atoms with E-state index in [2.05, 4.69) is 47.1 Å². The zero-order valence-corrected chi connectivity index (χ0v) is 15.0. The second-order valence-electron chi connectivity index (χ2n) is 6.83. The van der Waals surface area contributed by atoms with Crippen molar-refractivity contribution in [1.29, 1.82) is 0 Å². The van der Waals surface area contributed by atoms with Crippen LogP contribution in [0.3, 0.4) is 0 Å². The summed E-state index contributed by atoms with van der Waals surface area (Å²) in [6.45, 7) is 5.59. The Hall–Kier alpha value is -2.20. The minimum absolute atomic E-state index is 0.259. The highest BCUT2D eigenvalue weighted by molar-refractivity contribution is 5.76. The maximum Gasteiger partial charge on any atom is 0.224 e. The molecule has 4 heteroatoms. The molecule has 0 N–H and O–H groups in total. The average molecular weight is 337 g/mol. The number of pyridine rings is 1. The first-order chi connectivity index (χ1) is 12.2. The fraction of sp³-hybridized carbons (Fsp3) is 0.429. The molecule has 1 saturated heterocycles. The van der Waals surface area contributed by atoms with Crippen molar-refractivity contribution in [2.24, 2.45) is 0 Å². The van der Waals surface area contributed by atoms with E-state index in [0.717, 1.165) is 38.0 Å². The lowest BCUT2D eigenvalue weighted by Crippen LogP contribution is -2.37. The molecule has 1 aromatic carbocycles. The van der Waals surface area contributed by atoms with Crippen molar-refractivity contribution in [2.75, 3.05) is 19.6 Å². The van der Waals surface area contributed by atoms with Crippen LogP contribution in [0.2, 0.25) is 0 Å². The van der Waals surface area contributed by atoms with E-state index in [4.69, 9.17) is 0 Å². The van der Waals surface area contributed by atoms with Crippen molar-refractivity contribution in [3.05, 3.63) is 66.0 Å². The van der Waals surface area contributed by atoms with Gasteiger partial charge in [-0.15, -0.1) is 0 Å². The van der Waals surface area contributed by atoms with Crippen molar-refractivity contribution in [2.45, 2.75) is 38.8 Å². The quantitative estimate of drug-likeness (QED) is 0.812. The molecule has 3 rings (SSSR count). The first kappa shape index (κ1) is 17.6. The molecule has 0 unspecified atom stereocenters. The van der Waals surface area contributed by atoms with Gasteiger partial charge in [-0.05, 0) is 43.0 Å². The molecule has 1 aromatic heterocycles. The monoisotopic (exact) mass is 337 g/mol. The normalized spacial score (nSPS) is 17.3. The van der Waals surface area contributed by atoms with Crippen LogP contribution >= 0.6 is 0 Å². The molecular weight excluding hydrogens is 310 g/mol. The maximum atomic E-state index is 12.4. The Labute approximate surface area is 150 Å². The SMILES string of the molecule is C[C@@H](CCc1ccccc1)N1CCC(=O)N(Cc2ccncc2)CC1. The summed E-state index contributed by atoms with van der Waals surface area (Å²) in [6, 6.07) is 15.1. The molecule has 2 aromatic rings. The van der Waals surface area contributed by atoms with Gasteiger partial charge in [0.25, 0.3) is 0 Å². The van der Waals surface area contributed by atoms with Gasteiger partial charge in [-0.25, -0.2) is 0 Å². The number of aryl methyl sites for hydroxylation is 1. The van der Waals surface area contributed by atoms with E-state index in [1.54, 1.807) is 12.4 Å². The Kier molecular flexibility index (Phi) is 6.18. The first-order valence-corrected chi connectivity index (χ1v) is 9.17. The Balaban J connectivity index is 1.52. The molecule has 25 heavy (non-hydrogen) atoms. The summed E-state index contributed by atoms with van der Waals surface area (Å²) >= 11 is 0. The number of aromatic nitrogens is 1. The summed E-state index contributed by atoms with van der Waals surface area (Å²) in [6.07, 6.45) is 6.40. The number of hydrogen-bond acceptors (Lipinski definition) is 3. The molecule has 1 aliphatic rings. The third kappa shape index (κ3) is 5.13. The van der Waals surface area contributed by atoms with Crippen LogP contribution in [0.5, 0.6) is 0 Å². The third-order valence-corrected chi connectivity index (χ3v) is 5.06. The van der Waals surface area contributed by atoms with Crippen molar-refractivity contribution < 1.29 is 4.79 Å². The van der Waals surface area contributed by atoms with E-state index in [-0.39, 0.29) is 5.91 Å². The molecule has 1 amide bonds. The van der Waals surface area contributed by atoms with Crippen LogP contribution in [0.15, 0.2) is 54.9 Å². The van der Waals surface area contributed by atoms with E-state index >= 15 is 0 Å². The molecule has 4 nitrogen and oxygen atoms in total. The van der Waals surface area contributed by atoms with E-state index in [9.17, 15) is 4.79 Å². The summed E-state index contributed by atoms with van der Waals surface area (Å²) in [7, 11) is 0. The summed E-state index contributed by atoms with van der Waals surface area (Å²) in [5.41, 5.74) is 2.54. The topological polar surface area (TPSA) is 36.4 Å². The summed E-state index contributed by atoms with van der Waals surface area (Å²) in [5.74, 6) is 0.259. The zero-order chi connectivity index (χ0) is 17.5. The predicted molar refractivity (Wildman–Crippen MR) is 100 cm³/mol. The first-order valence-electron chi connectivity index (χ1n) is 9.17. The van der Waals surface area contributed by atoms with Crippen LogP contribution in [0.1, 0.15) is 30.9 Å². The van der Waals surface area contributed by atoms with Crippen LogP contribution in [0.25, 0.3) is 0 Å². The smallest absolute Gasteiger partial charge is 0.224 e. The number of amides is 1. The summed E-state index contributed by atoms with van der Waals surface area (Å²) < 4.78 is 0. The minimum Gasteiger partial charge on any atom is -0.337 e. The number of rotatable bonds is 6. The Morgan fingerprint density at radius 3 is 2.52 bits per heavy atom. The lowest BCUT2D eigenvalue weighted by molar-refractivity contribution is -0.130. The van der Waals surface area contributed by atoms with Crippen molar-refractivity contribution in [3.8, 4) is 0 Å². The van der Waals surface area contributed by atoms with Crippen molar-refractivity contribution >= 4 is 5.91 Å². The Morgan fingerprint density at radius 2 is 1.76 bits per heavy atom. The molecule has 0 aliphatic carbocycles. The molecule has 0 radical (unpaired) electrons. The molecular formula is C21H27N3O. The van der Waals surface area contributed by atoms with Crippen LogP contribution < -0.4 is 0 Å². The molecule has 1 fully saturated rings. The standard InChI is InChI=1S/C21H27N3O/c1-18(7-8-19-5-3-2-4-6-19)23-14-11-21(25)24(16-15-23)17-20-9-12-22-13-10-20/h2-6,9-10,12-13,18H,7-8,11,14-17H2,1H3/t18-/m0/s1. The lowest BCUT2D eigenvalue weighted by Gasteiger charge is -2.27. The number of benzene rings is 1. The molecule has 1 aliphatic heterocycles. The van der Waals surface area contributed by atoms with Gasteiger partial charge in [0.2, 0.25) is 5.91 Å². The predicted octanol–water partition coefficient (Wildman–Crippen LogP) is 3.14. The molecule has 1 atom stereocenters. The number of carbonyl (C=O) groups excluding carboxylic acids is 1. The fourth-order valence-corrected chi connectivity index (χ4v) is 3.40. The summed E-state index contributed by atoms with van der Waals surface area (Å²) in [4.78, 5) is 20.9. The Morgan fingerprint density at radius 1 is 1.00 bits per heavy atom. The van der Waals surface area contributed by atoms with Gasteiger partial charge in [-0.1, -0.05) is 30.3 Å². The van der Waals surface area contributed by atoms with Crippen LogP contribution in [0, 0.1) is 0 Å². The van der Waals surface area contributed by atoms with Crippen LogP contribution in [-0.4, -0.2) is 46.4 Å². The van der Waals surface area contributed by atoms with Gasteiger partial charge in [-0.2, -0.15) is 0 Å². The largest absolute Gasteiger partial charge is 0.337 e. The zero-order valence-electron chi connectivity index (χ0n) is 15.0. The van der Waals surface area contributed by atoms with Gasteiger partial charge in [0.05, 0.1) is 0 Å². The highest BCUT2D eigenvalue weighted by atomic mass is 16.2. The lowest BCUT2D eigenvalue weighted by atomic mass is 10.1. The number of hydrogen-bond donors (Lipinski definition) is 0. The number of carbonyl (C=O) groups is 1. The van der Waals surface area contributed by atoms with Gasteiger partial charge in [0.15, 0.2) is 0 Å². The van der Waals surface area contributed by atoms with Gasteiger partial charge < -0.3 is 4.90 Å². The van der Waals surface area contributed by atoms with E-state index < -0.39 is 0 Å². The minimum atomic E-state index is 0.259. The van der Waals surface area contributed by atoms with Gasteiger partial charge in [0.1, 0.15) is 0 Å². The van der Waals surface area contributed by atoms with Crippen molar-refractivity contribution in [1.82, 2.24) is 14.8 Å². The van der Waals surface area contributed by atoms with E-state index in [1.165, 1.54) is 5.56 Å².